The fourth-order valence-electron chi connectivity index (χ4n) is 2.37. The summed E-state index contributed by atoms with van der Waals surface area (Å²) in [6.07, 6.45) is 0.991. The molecule has 0 aliphatic rings. The molecular formula is C17H12N2O5. The van der Waals surface area contributed by atoms with Crippen LogP contribution in [-0.2, 0) is 0 Å². The van der Waals surface area contributed by atoms with Gasteiger partial charge in [0.05, 0.1) is 5.52 Å². The van der Waals surface area contributed by atoms with E-state index in [-0.39, 0.29) is 16.7 Å². The van der Waals surface area contributed by atoms with Crippen LogP contribution in [-0.4, -0.2) is 26.8 Å². The molecule has 7 nitrogen and oxygen atoms in total. The number of carboxylic acid groups (broad SMARTS) is 1. The molecule has 1 heterocycles. The van der Waals surface area contributed by atoms with E-state index >= 15 is 0 Å². The van der Waals surface area contributed by atoms with Crippen LogP contribution < -0.4 is 10.7 Å². The molecule has 0 bridgehead atoms. The van der Waals surface area contributed by atoms with E-state index in [1.807, 2.05) is 0 Å². The monoisotopic (exact) mass is 324 g/mol. The first-order chi connectivity index (χ1) is 11.5. The van der Waals surface area contributed by atoms with Gasteiger partial charge in [0, 0.05) is 23.3 Å². The number of carbonyl (C=O) groups is 2. The molecule has 24 heavy (non-hydrogen) atoms. The van der Waals surface area contributed by atoms with Gasteiger partial charge in [0.2, 0.25) is 5.43 Å². The zero-order valence-corrected chi connectivity index (χ0v) is 12.3. The molecule has 1 amide bonds. The lowest BCUT2D eigenvalue weighted by Gasteiger charge is -2.12. The highest BCUT2D eigenvalue weighted by atomic mass is 16.4. The summed E-state index contributed by atoms with van der Waals surface area (Å²) >= 11 is 0. The van der Waals surface area contributed by atoms with Gasteiger partial charge in [-0.3, -0.25) is 9.36 Å². The van der Waals surface area contributed by atoms with Gasteiger partial charge in [-0.1, -0.05) is 18.2 Å². The smallest absolute Gasteiger partial charge is 0.341 e. The molecule has 0 radical (unpaired) electrons. The number of aromatic hydroxyl groups is 1. The molecule has 0 spiro atoms. The highest BCUT2D eigenvalue weighted by Crippen LogP contribution is 2.17. The lowest BCUT2D eigenvalue weighted by molar-refractivity contribution is 0.0695. The summed E-state index contributed by atoms with van der Waals surface area (Å²) in [5.74, 6) is -1.44. The SMILES string of the molecule is O=C(O)c1cn(C(=O)Nc2cccc(O)c2)c2ccccc2c1=O. The number of carbonyl (C=O) groups excluding carboxylic acids is 1. The van der Waals surface area contributed by atoms with Crippen molar-refractivity contribution in [3.05, 3.63) is 70.5 Å². The summed E-state index contributed by atoms with van der Waals surface area (Å²) < 4.78 is 1.06. The number of hydrogen-bond donors (Lipinski definition) is 3. The van der Waals surface area contributed by atoms with Crippen molar-refractivity contribution in [2.24, 2.45) is 0 Å². The number of nitrogens with one attached hydrogen (secondary N) is 1. The third kappa shape index (κ3) is 2.70. The molecule has 7 heteroatoms. The Morgan fingerprint density at radius 2 is 1.79 bits per heavy atom. The Bertz CT molecular complexity index is 1020. The summed E-state index contributed by atoms with van der Waals surface area (Å²) in [6.45, 7) is 0. The fraction of sp³-hybridized carbons (Fsp3) is 0. The number of amides is 1. The molecule has 3 rings (SSSR count). The average Bonchev–Trinajstić information content (AvgIpc) is 2.55. The van der Waals surface area contributed by atoms with Gasteiger partial charge in [-0.15, -0.1) is 0 Å². The van der Waals surface area contributed by atoms with Crippen LogP contribution in [0, 0.1) is 0 Å². The minimum Gasteiger partial charge on any atom is -0.508 e. The highest BCUT2D eigenvalue weighted by molar-refractivity contribution is 6.00. The zero-order chi connectivity index (χ0) is 17.3. The van der Waals surface area contributed by atoms with Crippen LogP contribution in [0.5, 0.6) is 5.75 Å². The number of aromatic carboxylic acids is 1. The van der Waals surface area contributed by atoms with Crippen LogP contribution in [0.15, 0.2) is 59.5 Å². The molecule has 1 aromatic heterocycles. The van der Waals surface area contributed by atoms with Gasteiger partial charge < -0.3 is 15.5 Å². The van der Waals surface area contributed by atoms with Crippen LogP contribution in [0.4, 0.5) is 10.5 Å². The van der Waals surface area contributed by atoms with Crippen molar-refractivity contribution in [3.8, 4) is 5.75 Å². The average molecular weight is 324 g/mol. The largest absolute Gasteiger partial charge is 0.508 e. The zero-order valence-electron chi connectivity index (χ0n) is 12.3. The van der Waals surface area contributed by atoms with Crippen LogP contribution in [0.3, 0.4) is 0 Å². The predicted octanol–water partition coefficient (Wildman–Crippen LogP) is 2.49. The topological polar surface area (TPSA) is 109 Å². The molecule has 3 aromatic rings. The van der Waals surface area contributed by atoms with Crippen LogP contribution in [0.2, 0.25) is 0 Å². The molecule has 0 atom stereocenters. The van der Waals surface area contributed by atoms with E-state index in [0.717, 1.165) is 10.8 Å². The number of benzene rings is 2. The van der Waals surface area contributed by atoms with E-state index in [9.17, 15) is 24.6 Å². The van der Waals surface area contributed by atoms with Crippen molar-refractivity contribution in [2.45, 2.75) is 0 Å². The number of para-hydroxylation sites is 1. The third-order valence-corrected chi connectivity index (χ3v) is 3.46. The Labute approximate surface area is 135 Å². The number of aromatic nitrogens is 1. The fourth-order valence-corrected chi connectivity index (χ4v) is 2.37. The van der Waals surface area contributed by atoms with Crippen molar-refractivity contribution in [2.75, 3.05) is 5.32 Å². The number of fused-ring (bicyclic) bond motifs is 1. The number of phenolic OH excluding ortho intramolecular Hbond substituents is 1. The molecule has 120 valence electrons. The quantitative estimate of drug-likeness (QED) is 0.671. The number of rotatable bonds is 2. The number of phenols is 1. The molecule has 0 fully saturated rings. The number of anilines is 1. The van der Waals surface area contributed by atoms with Crippen molar-refractivity contribution in [1.29, 1.82) is 0 Å². The highest BCUT2D eigenvalue weighted by Gasteiger charge is 2.17. The standard InChI is InChI=1S/C17H12N2O5/c20-11-5-3-4-10(8-11)18-17(24)19-9-13(16(22)23)15(21)12-6-1-2-7-14(12)19/h1-9,20H,(H,18,24)(H,22,23). The van der Waals surface area contributed by atoms with E-state index in [1.165, 1.54) is 18.2 Å². The maximum absolute atomic E-state index is 12.5. The van der Waals surface area contributed by atoms with Crippen molar-refractivity contribution < 1.29 is 19.8 Å². The Morgan fingerprint density at radius 3 is 2.50 bits per heavy atom. The van der Waals surface area contributed by atoms with Crippen LogP contribution in [0.25, 0.3) is 10.9 Å². The van der Waals surface area contributed by atoms with Gasteiger partial charge in [0.1, 0.15) is 11.3 Å². The van der Waals surface area contributed by atoms with Gasteiger partial charge in [-0.05, 0) is 24.3 Å². The first kappa shape index (κ1) is 15.3. The summed E-state index contributed by atoms with van der Waals surface area (Å²) in [6, 6.07) is 11.5. The van der Waals surface area contributed by atoms with Crippen molar-refractivity contribution in [3.63, 3.8) is 0 Å². The van der Waals surface area contributed by atoms with Gasteiger partial charge >= 0.3 is 12.0 Å². The molecule has 0 saturated carbocycles. The maximum Gasteiger partial charge on any atom is 0.341 e. The Balaban J connectivity index is 2.14. The molecule has 0 saturated heterocycles. The lowest BCUT2D eigenvalue weighted by Crippen LogP contribution is -2.25. The van der Waals surface area contributed by atoms with Crippen LogP contribution >= 0.6 is 0 Å². The summed E-state index contributed by atoms with van der Waals surface area (Å²) in [7, 11) is 0. The summed E-state index contributed by atoms with van der Waals surface area (Å²) in [4.78, 5) is 36.0. The Morgan fingerprint density at radius 1 is 1.04 bits per heavy atom. The molecular weight excluding hydrogens is 312 g/mol. The van der Waals surface area contributed by atoms with E-state index in [0.29, 0.717) is 5.69 Å². The lowest BCUT2D eigenvalue weighted by atomic mass is 10.1. The first-order valence-corrected chi connectivity index (χ1v) is 6.95. The summed E-state index contributed by atoms with van der Waals surface area (Å²) in [5, 5.41) is 21.3. The van der Waals surface area contributed by atoms with E-state index in [2.05, 4.69) is 5.32 Å². The summed E-state index contributed by atoms with van der Waals surface area (Å²) in [5.41, 5.74) is -0.538. The minimum absolute atomic E-state index is 0.0243. The number of pyridine rings is 1. The molecule has 0 aliphatic heterocycles. The van der Waals surface area contributed by atoms with Gasteiger partial charge in [0.15, 0.2) is 0 Å². The molecule has 2 aromatic carbocycles. The van der Waals surface area contributed by atoms with Gasteiger partial charge in [-0.25, -0.2) is 9.59 Å². The van der Waals surface area contributed by atoms with E-state index < -0.39 is 23.0 Å². The third-order valence-electron chi connectivity index (χ3n) is 3.46. The van der Waals surface area contributed by atoms with Crippen molar-refractivity contribution >= 4 is 28.6 Å². The second-order valence-corrected chi connectivity index (χ2v) is 5.04. The van der Waals surface area contributed by atoms with Crippen molar-refractivity contribution in [1.82, 2.24) is 4.57 Å². The van der Waals surface area contributed by atoms with Gasteiger partial charge in [0.25, 0.3) is 0 Å². The normalized spacial score (nSPS) is 10.5. The molecule has 3 N–H and O–H groups in total. The van der Waals surface area contributed by atoms with E-state index in [4.69, 9.17) is 0 Å². The predicted molar refractivity (Wildman–Crippen MR) is 87.7 cm³/mol. The maximum atomic E-state index is 12.5. The Hall–Kier alpha value is -3.61. The Kier molecular flexibility index (Phi) is 3.75. The number of hydrogen-bond acceptors (Lipinski definition) is 4. The number of nitrogens with zero attached hydrogens (tertiary/aromatic N) is 1. The second kappa shape index (κ2) is 5.88. The number of carboxylic acids is 1. The van der Waals surface area contributed by atoms with Gasteiger partial charge in [-0.2, -0.15) is 0 Å². The molecule has 0 unspecified atom stereocenters. The minimum atomic E-state index is -1.41. The molecule has 0 aliphatic carbocycles. The van der Waals surface area contributed by atoms with Crippen LogP contribution in [0.1, 0.15) is 10.4 Å². The second-order valence-electron chi connectivity index (χ2n) is 5.04. The van der Waals surface area contributed by atoms with E-state index in [1.54, 1.807) is 30.3 Å². The first-order valence-electron chi connectivity index (χ1n) is 6.95.